The molecule has 7 heteroatoms. The largest absolute Gasteiger partial charge is 0.497 e. The van der Waals surface area contributed by atoms with Gasteiger partial charge in [0.1, 0.15) is 11.5 Å². The van der Waals surface area contributed by atoms with Crippen molar-refractivity contribution < 1.29 is 17.9 Å². The third-order valence-electron chi connectivity index (χ3n) is 5.32. The minimum Gasteiger partial charge on any atom is -0.497 e. The van der Waals surface area contributed by atoms with Crippen molar-refractivity contribution in [2.75, 3.05) is 45.3 Å². The lowest BCUT2D eigenvalue weighted by Crippen LogP contribution is -2.48. The van der Waals surface area contributed by atoms with Crippen LogP contribution in [-0.2, 0) is 15.4 Å². The van der Waals surface area contributed by atoms with Crippen molar-refractivity contribution >= 4 is 15.7 Å². The van der Waals surface area contributed by atoms with Crippen LogP contribution in [0.15, 0.2) is 47.4 Å². The second kappa shape index (κ2) is 8.24. The van der Waals surface area contributed by atoms with Crippen molar-refractivity contribution in [2.45, 2.75) is 31.1 Å². The van der Waals surface area contributed by atoms with E-state index < -0.39 is 10.0 Å². The fraction of sp³-hybridized carbons (Fsp3) is 0.455. The average molecular weight is 419 g/mol. The van der Waals surface area contributed by atoms with Crippen molar-refractivity contribution in [1.29, 1.82) is 0 Å². The number of methoxy groups -OCH3 is 2. The molecule has 0 atom stereocenters. The quantitative estimate of drug-likeness (QED) is 0.744. The predicted octanol–water partition coefficient (Wildman–Crippen LogP) is 3.51. The maximum Gasteiger partial charge on any atom is 0.243 e. The second-order valence-corrected chi connectivity index (χ2v) is 10.1. The molecule has 1 saturated heterocycles. The minimum absolute atomic E-state index is 0.00859. The van der Waals surface area contributed by atoms with Gasteiger partial charge in [0.15, 0.2) is 0 Å². The van der Waals surface area contributed by atoms with Crippen molar-refractivity contribution in [3.63, 3.8) is 0 Å². The first-order valence-electron chi connectivity index (χ1n) is 9.74. The molecule has 0 N–H and O–H groups in total. The van der Waals surface area contributed by atoms with Gasteiger partial charge in [-0.1, -0.05) is 32.9 Å². The van der Waals surface area contributed by atoms with Crippen LogP contribution in [0, 0.1) is 0 Å². The molecule has 1 heterocycles. The van der Waals surface area contributed by atoms with Crippen LogP contribution >= 0.6 is 0 Å². The van der Waals surface area contributed by atoms with Crippen LogP contribution in [-0.4, -0.2) is 53.1 Å². The number of nitrogens with zero attached hydrogens (tertiary/aromatic N) is 2. The summed E-state index contributed by atoms with van der Waals surface area (Å²) in [7, 11) is -0.258. The zero-order chi connectivity index (χ0) is 21.2. The molecule has 1 aliphatic rings. The molecule has 0 saturated carbocycles. The van der Waals surface area contributed by atoms with Gasteiger partial charge in [-0.2, -0.15) is 4.31 Å². The van der Waals surface area contributed by atoms with Crippen LogP contribution < -0.4 is 14.4 Å². The van der Waals surface area contributed by atoms with E-state index in [2.05, 4.69) is 25.7 Å². The monoisotopic (exact) mass is 418 g/mol. The van der Waals surface area contributed by atoms with E-state index in [1.165, 1.54) is 0 Å². The van der Waals surface area contributed by atoms with E-state index in [1.54, 1.807) is 30.7 Å². The highest BCUT2D eigenvalue weighted by molar-refractivity contribution is 7.89. The van der Waals surface area contributed by atoms with E-state index in [9.17, 15) is 8.42 Å². The molecule has 0 bridgehead atoms. The summed E-state index contributed by atoms with van der Waals surface area (Å²) in [6, 6.07) is 12.9. The molecule has 2 aromatic rings. The van der Waals surface area contributed by atoms with Gasteiger partial charge < -0.3 is 14.4 Å². The Morgan fingerprint density at radius 3 is 2.00 bits per heavy atom. The highest BCUT2D eigenvalue weighted by atomic mass is 32.2. The van der Waals surface area contributed by atoms with Gasteiger partial charge in [0, 0.05) is 32.2 Å². The first-order chi connectivity index (χ1) is 13.7. The number of ether oxygens (including phenoxy) is 2. The smallest absolute Gasteiger partial charge is 0.243 e. The zero-order valence-electron chi connectivity index (χ0n) is 17.8. The topological polar surface area (TPSA) is 59.1 Å². The number of benzene rings is 2. The Morgan fingerprint density at radius 2 is 1.48 bits per heavy atom. The fourth-order valence-corrected chi connectivity index (χ4v) is 4.91. The SMILES string of the molecule is COc1ccc(N2CCN(S(=O)(=O)c3ccc(C(C)(C)C)cc3)CC2)c(OC)c1. The lowest BCUT2D eigenvalue weighted by Gasteiger charge is -2.36. The predicted molar refractivity (Wildman–Crippen MR) is 116 cm³/mol. The van der Waals surface area contributed by atoms with Gasteiger partial charge in [0.25, 0.3) is 0 Å². The third-order valence-corrected chi connectivity index (χ3v) is 7.24. The molecule has 0 amide bonds. The first-order valence-corrected chi connectivity index (χ1v) is 11.2. The molecule has 0 unspecified atom stereocenters. The molecular formula is C22H30N2O4S. The van der Waals surface area contributed by atoms with E-state index >= 15 is 0 Å². The van der Waals surface area contributed by atoms with Gasteiger partial charge in [-0.3, -0.25) is 0 Å². The minimum atomic E-state index is -3.50. The van der Waals surface area contributed by atoms with E-state index in [0.29, 0.717) is 31.1 Å². The highest BCUT2D eigenvalue weighted by Crippen LogP contribution is 2.33. The maximum absolute atomic E-state index is 13.1. The Kier molecular flexibility index (Phi) is 6.10. The van der Waals surface area contributed by atoms with E-state index in [-0.39, 0.29) is 5.41 Å². The molecule has 0 aliphatic carbocycles. The van der Waals surface area contributed by atoms with Crippen LogP contribution in [0.3, 0.4) is 0 Å². The molecule has 29 heavy (non-hydrogen) atoms. The van der Waals surface area contributed by atoms with Crippen LogP contribution in [0.25, 0.3) is 0 Å². The average Bonchev–Trinajstić information content (AvgIpc) is 2.72. The second-order valence-electron chi connectivity index (χ2n) is 8.20. The van der Waals surface area contributed by atoms with Crippen LogP contribution in [0.4, 0.5) is 5.69 Å². The van der Waals surface area contributed by atoms with Gasteiger partial charge >= 0.3 is 0 Å². The Balaban J connectivity index is 1.73. The zero-order valence-corrected chi connectivity index (χ0v) is 18.6. The van der Waals surface area contributed by atoms with Crippen molar-refractivity contribution in [2.24, 2.45) is 0 Å². The Hall–Kier alpha value is -2.25. The van der Waals surface area contributed by atoms with Crippen LogP contribution in [0.2, 0.25) is 0 Å². The molecule has 0 radical (unpaired) electrons. The molecule has 1 fully saturated rings. The number of hydrogen-bond donors (Lipinski definition) is 0. The van der Waals surface area contributed by atoms with E-state index in [1.807, 2.05) is 30.3 Å². The summed E-state index contributed by atoms with van der Waals surface area (Å²) in [5.74, 6) is 1.45. The standard InChI is InChI=1S/C22H30N2O4S/c1-22(2,3)17-6-9-19(10-7-17)29(25,26)24-14-12-23(13-15-24)20-11-8-18(27-4)16-21(20)28-5/h6-11,16H,12-15H2,1-5H3. The lowest BCUT2D eigenvalue weighted by molar-refractivity contribution is 0.375. The number of sulfonamides is 1. The van der Waals surface area contributed by atoms with Crippen LogP contribution in [0.5, 0.6) is 11.5 Å². The molecule has 0 aromatic heterocycles. The number of rotatable bonds is 5. The van der Waals surface area contributed by atoms with E-state index in [0.717, 1.165) is 22.7 Å². The summed E-state index contributed by atoms with van der Waals surface area (Å²) in [4.78, 5) is 2.49. The summed E-state index contributed by atoms with van der Waals surface area (Å²) >= 11 is 0. The van der Waals surface area contributed by atoms with Gasteiger partial charge in [-0.25, -0.2) is 8.42 Å². The number of anilines is 1. The number of piperazine rings is 1. The summed E-state index contributed by atoms with van der Waals surface area (Å²) in [6.07, 6.45) is 0. The molecule has 1 aliphatic heterocycles. The van der Waals surface area contributed by atoms with Gasteiger partial charge in [0.05, 0.1) is 24.8 Å². The molecular weight excluding hydrogens is 388 g/mol. The Labute approximate surface area is 174 Å². The summed E-state index contributed by atoms with van der Waals surface area (Å²) in [6.45, 7) is 8.40. The third kappa shape index (κ3) is 4.51. The Morgan fingerprint density at radius 1 is 0.862 bits per heavy atom. The number of hydrogen-bond acceptors (Lipinski definition) is 5. The summed E-state index contributed by atoms with van der Waals surface area (Å²) in [5, 5.41) is 0. The molecule has 158 valence electrons. The molecule has 0 spiro atoms. The summed E-state index contributed by atoms with van der Waals surface area (Å²) < 4.78 is 38.4. The first kappa shape index (κ1) is 21.5. The lowest BCUT2D eigenvalue weighted by atomic mass is 9.87. The Bertz CT molecular complexity index is 942. The normalized spacial score (nSPS) is 16.0. The van der Waals surface area contributed by atoms with Crippen molar-refractivity contribution in [3.05, 3.63) is 48.0 Å². The molecule has 3 rings (SSSR count). The van der Waals surface area contributed by atoms with Gasteiger partial charge in [0.2, 0.25) is 10.0 Å². The van der Waals surface area contributed by atoms with Crippen molar-refractivity contribution in [3.8, 4) is 11.5 Å². The van der Waals surface area contributed by atoms with E-state index in [4.69, 9.17) is 9.47 Å². The maximum atomic E-state index is 13.1. The molecule has 2 aromatic carbocycles. The highest BCUT2D eigenvalue weighted by Gasteiger charge is 2.29. The summed E-state index contributed by atoms with van der Waals surface area (Å²) in [5.41, 5.74) is 2.05. The van der Waals surface area contributed by atoms with Gasteiger partial charge in [-0.15, -0.1) is 0 Å². The molecule has 6 nitrogen and oxygen atoms in total. The van der Waals surface area contributed by atoms with Gasteiger partial charge in [-0.05, 0) is 35.2 Å². The van der Waals surface area contributed by atoms with Crippen LogP contribution in [0.1, 0.15) is 26.3 Å². The van der Waals surface area contributed by atoms with Crippen molar-refractivity contribution in [1.82, 2.24) is 4.31 Å². The fourth-order valence-electron chi connectivity index (χ4n) is 3.49.